The van der Waals surface area contributed by atoms with Crippen LogP contribution in [0.5, 0.6) is 5.75 Å². The predicted molar refractivity (Wildman–Crippen MR) is 63.4 cm³/mol. The molecule has 0 N–H and O–H groups in total. The maximum atomic E-state index is 11.8. The van der Waals surface area contributed by atoms with E-state index >= 15 is 0 Å². The molecule has 0 saturated carbocycles. The quantitative estimate of drug-likeness (QED) is 0.762. The molecule has 0 radical (unpaired) electrons. The van der Waals surface area contributed by atoms with E-state index in [0.717, 1.165) is 11.3 Å². The molecule has 0 amide bonds. The Bertz CT molecular complexity index is 545. The molecule has 18 heavy (non-hydrogen) atoms. The first-order valence-electron chi connectivity index (χ1n) is 5.81. The maximum absolute atomic E-state index is 11.8. The number of esters is 1. The molecule has 92 valence electrons. The smallest absolute Gasteiger partial charge is 0.374 e. The Morgan fingerprint density at radius 2 is 2.11 bits per heavy atom. The molecule has 0 saturated heterocycles. The van der Waals surface area contributed by atoms with E-state index in [2.05, 4.69) is 0 Å². The molecule has 4 nitrogen and oxygen atoms in total. The normalized spacial score (nSPS) is 17.7. The van der Waals surface area contributed by atoms with E-state index < -0.39 is 5.97 Å². The van der Waals surface area contributed by atoms with Crippen LogP contribution in [0, 0.1) is 0 Å². The van der Waals surface area contributed by atoms with Crippen LogP contribution in [-0.2, 0) is 4.74 Å². The molecule has 0 aliphatic carbocycles. The number of carbonyl (C=O) groups excluding carboxylic acids is 1. The number of carbonyl (C=O) groups is 1. The third-order valence-corrected chi connectivity index (χ3v) is 2.88. The van der Waals surface area contributed by atoms with E-state index in [1.54, 1.807) is 12.1 Å². The molecular formula is C14H12O4. The summed E-state index contributed by atoms with van der Waals surface area (Å²) >= 11 is 0. The monoisotopic (exact) mass is 244 g/mol. The molecule has 1 aliphatic rings. The van der Waals surface area contributed by atoms with E-state index in [4.69, 9.17) is 13.9 Å². The number of fused-ring (bicyclic) bond motifs is 1. The van der Waals surface area contributed by atoms with E-state index in [1.165, 1.54) is 6.26 Å². The van der Waals surface area contributed by atoms with Crippen LogP contribution in [0.25, 0.3) is 0 Å². The molecule has 4 heteroatoms. The van der Waals surface area contributed by atoms with Crippen LogP contribution in [0.15, 0.2) is 47.1 Å². The second-order valence-electron chi connectivity index (χ2n) is 4.05. The Morgan fingerprint density at radius 1 is 1.22 bits per heavy atom. The van der Waals surface area contributed by atoms with Gasteiger partial charge >= 0.3 is 5.97 Å². The number of para-hydroxylation sites is 1. The lowest BCUT2D eigenvalue weighted by Crippen LogP contribution is -2.19. The number of furan rings is 1. The van der Waals surface area contributed by atoms with Crippen LogP contribution in [0.3, 0.4) is 0 Å². The van der Waals surface area contributed by atoms with Crippen LogP contribution in [0.2, 0.25) is 0 Å². The van der Waals surface area contributed by atoms with Gasteiger partial charge in [0, 0.05) is 12.0 Å². The summed E-state index contributed by atoms with van der Waals surface area (Å²) in [6, 6.07) is 10.8. The molecule has 1 aromatic carbocycles. The summed E-state index contributed by atoms with van der Waals surface area (Å²) in [5, 5.41) is 0. The number of hydrogen-bond acceptors (Lipinski definition) is 4. The first-order valence-corrected chi connectivity index (χ1v) is 5.81. The third-order valence-electron chi connectivity index (χ3n) is 2.88. The van der Waals surface area contributed by atoms with Gasteiger partial charge in [-0.3, -0.25) is 0 Å². The Morgan fingerprint density at radius 3 is 2.94 bits per heavy atom. The highest BCUT2D eigenvalue weighted by atomic mass is 16.6. The Hall–Kier alpha value is -2.23. The van der Waals surface area contributed by atoms with Crippen molar-refractivity contribution in [2.45, 2.75) is 12.5 Å². The van der Waals surface area contributed by atoms with Gasteiger partial charge in [-0.2, -0.15) is 0 Å². The highest BCUT2D eigenvalue weighted by Crippen LogP contribution is 2.34. The van der Waals surface area contributed by atoms with Crippen molar-refractivity contribution < 1.29 is 18.7 Å². The molecule has 1 aliphatic heterocycles. The molecular weight excluding hydrogens is 232 g/mol. The zero-order valence-corrected chi connectivity index (χ0v) is 9.67. The van der Waals surface area contributed by atoms with Gasteiger partial charge in [-0.05, 0) is 18.2 Å². The minimum absolute atomic E-state index is 0.221. The van der Waals surface area contributed by atoms with Gasteiger partial charge < -0.3 is 13.9 Å². The summed E-state index contributed by atoms with van der Waals surface area (Å²) in [4.78, 5) is 11.8. The van der Waals surface area contributed by atoms with Crippen molar-refractivity contribution in [1.29, 1.82) is 0 Å². The van der Waals surface area contributed by atoms with Crippen molar-refractivity contribution in [3.05, 3.63) is 54.0 Å². The van der Waals surface area contributed by atoms with Gasteiger partial charge in [0.15, 0.2) is 0 Å². The van der Waals surface area contributed by atoms with Crippen molar-refractivity contribution in [3.8, 4) is 5.75 Å². The fourth-order valence-electron chi connectivity index (χ4n) is 2.01. The third kappa shape index (κ3) is 1.97. The molecule has 1 aromatic heterocycles. The molecule has 0 fully saturated rings. The molecule has 2 heterocycles. The van der Waals surface area contributed by atoms with E-state index in [0.29, 0.717) is 13.0 Å². The SMILES string of the molecule is O=C(OC1CCOc2ccccc21)c1ccco1. The largest absolute Gasteiger partial charge is 0.493 e. The number of hydrogen-bond donors (Lipinski definition) is 0. The average molecular weight is 244 g/mol. The Labute approximate surface area is 104 Å². The zero-order chi connectivity index (χ0) is 12.4. The highest BCUT2D eigenvalue weighted by Gasteiger charge is 2.25. The van der Waals surface area contributed by atoms with Gasteiger partial charge in [-0.15, -0.1) is 0 Å². The van der Waals surface area contributed by atoms with Gasteiger partial charge in [0.2, 0.25) is 5.76 Å². The minimum atomic E-state index is -0.443. The first-order chi connectivity index (χ1) is 8.84. The van der Waals surface area contributed by atoms with Gasteiger partial charge in [0.1, 0.15) is 11.9 Å². The summed E-state index contributed by atoms with van der Waals surface area (Å²) < 4.78 is 16.0. The van der Waals surface area contributed by atoms with Crippen LogP contribution >= 0.6 is 0 Å². The maximum Gasteiger partial charge on any atom is 0.374 e. The van der Waals surface area contributed by atoms with E-state index in [1.807, 2.05) is 24.3 Å². The summed E-state index contributed by atoms with van der Waals surface area (Å²) in [5.74, 6) is 0.557. The first kappa shape index (κ1) is 10.9. The summed E-state index contributed by atoms with van der Waals surface area (Å²) in [6.07, 6.45) is 1.84. The Kier molecular flexibility index (Phi) is 2.76. The molecule has 0 bridgehead atoms. The number of benzene rings is 1. The Balaban J connectivity index is 1.80. The standard InChI is InChI=1S/C14H12O4/c15-14(13-6-3-8-16-13)18-12-7-9-17-11-5-2-1-4-10(11)12/h1-6,8,12H,7,9H2. The van der Waals surface area contributed by atoms with Crippen LogP contribution in [0.1, 0.15) is 28.6 Å². The van der Waals surface area contributed by atoms with Gasteiger partial charge in [0.25, 0.3) is 0 Å². The number of ether oxygens (including phenoxy) is 2. The second-order valence-corrected chi connectivity index (χ2v) is 4.05. The minimum Gasteiger partial charge on any atom is -0.493 e. The topological polar surface area (TPSA) is 48.7 Å². The van der Waals surface area contributed by atoms with Crippen molar-refractivity contribution in [3.63, 3.8) is 0 Å². The number of rotatable bonds is 2. The summed E-state index contributed by atoms with van der Waals surface area (Å²) in [5.41, 5.74) is 0.906. The molecule has 0 spiro atoms. The van der Waals surface area contributed by atoms with Crippen molar-refractivity contribution in [2.24, 2.45) is 0 Å². The van der Waals surface area contributed by atoms with Crippen molar-refractivity contribution in [2.75, 3.05) is 6.61 Å². The zero-order valence-electron chi connectivity index (χ0n) is 9.67. The fourth-order valence-corrected chi connectivity index (χ4v) is 2.01. The van der Waals surface area contributed by atoms with E-state index in [9.17, 15) is 4.79 Å². The van der Waals surface area contributed by atoms with E-state index in [-0.39, 0.29) is 11.9 Å². The summed E-state index contributed by atoms with van der Waals surface area (Å²) in [6.45, 7) is 0.549. The fraction of sp³-hybridized carbons (Fsp3) is 0.214. The van der Waals surface area contributed by atoms with Crippen LogP contribution in [-0.4, -0.2) is 12.6 Å². The van der Waals surface area contributed by atoms with Gasteiger partial charge in [-0.25, -0.2) is 4.79 Å². The van der Waals surface area contributed by atoms with Crippen molar-refractivity contribution in [1.82, 2.24) is 0 Å². The highest BCUT2D eigenvalue weighted by molar-refractivity contribution is 5.86. The van der Waals surface area contributed by atoms with Crippen LogP contribution < -0.4 is 4.74 Å². The lowest BCUT2D eigenvalue weighted by Gasteiger charge is -2.25. The van der Waals surface area contributed by atoms with Gasteiger partial charge in [0.05, 0.1) is 12.9 Å². The van der Waals surface area contributed by atoms with Gasteiger partial charge in [-0.1, -0.05) is 18.2 Å². The van der Waals surface area contributed by atoms with Crippen LogP contribution in [0.4, 0.5) is 0 Å². The molecule has 3 rings (SSSR count). The molecule has 1 unspecified atom stereocenters. The molecule has 2 aromatic rings. The lowest BCUT2D eigenvalue weighted by atomic mass is 10.0. The molecule has 1 atom stereocenters. The second kappa shape index (κ2) is 4.56. The van der Waals surface area contributed by atoms with Crippen molar-refractivity contribution >= 4 is 5.97 Å². The summed E-state index contributed by atoms with van der Waals surface area (Å²) in [7, 11) is 0. The predicted octanol–water partition coefficient (Wildman–Crippen LogP) is 2.96. The average Bonchev–Trinajstić information content (AvgIpc) is 2.93. The lowest BCUT2D eigenvalue weighted by molar-refractivity contribution is 0.0159.